The van der Waals surface area contributed by atoms with E-state index in [-0.39, 0.29) is 22.8 Å². The maximum atomic E-state index is 12.9. The van der Waals surface area contributed by atoms with Gasteiger partial charge in [0.1, 0.15) is 17.3 Å². The van der Waals surface area contributed by atoms with E-state index in [9.17, 15) is 9.00 Å². The van der Waals surface area contributed by atoms with Crippen molar-refractivity contribution in [1.29, 1.82) is 0 Å². The molecular weight excluding hydrogens is 392 g/mol. The number of carbonyl (C=O) groups is 1. The fraction of sp³-hybridized carbons (Fsp3) is 0.474. The number of hydrogen-bond donors (Lipinski definition) is 1. The molecule has 1 saturated carbocycles. The number of ether oxygens (including phenoxy) is 1. The van der Waals surface area contributed by atoms with E-state index >= 15 is 0 Å². The molecule has 29 heavy (non-hydrogen) atoms. The molecule has 3 heterocycles. The third kappa shape index (κ3) is 4.38. The van der Waals surface area contributed by atoms with Crippen molar-refractivity contribution in [2.45, 2.75) is 31.1 Å². The molecule has 10 heteroatoms. The van der Waals surface area contributed by atoms with E-state index in [0.717, 1.165) is 12.8 Å². The molecule has 1 aliphatic carbocycles. The molecule has 2 aliphatic rings. The largest absolute Gasteiger partial charge is 0.384 e. The number of hydrogen-bond acceptors (Lipinski definition) is 9. The number of nitrogen functional groups attached to an aromatic ring is 1. The number of carbonyl (C=O) groups excluding carboxylic acids is 1. The van der Waals surface area contributed by atoms with Crippen molar-refractivity contribution in [3.8, 4) is 11.4 Å². The van der Waals surface area contributed by atoms with Crippen molar-refractivity contribution in [3.05, 3.63) is 23.9 Å². The molecule has 1 saturated heterocycles. The van der Waals surface area contributed by atoms with Crippen LogP contribution in [0.2, 0.25) is 0 Å². The average Bonchev–Trinajstić information content (AvgIpc) is 3.53. The predicted molar refractivity (Wildman–Crippen MR) is 112 cm³/mol. The molecule has 1 aliphatic heterocycles. The van der Waals surface area contributed by atoms with Crippen molar-refractivity contribution >= 4 is 33.5 Å². The lowest BCUT2D eigenvalue weighted by atomic mass is 10.2. The number of morpholine rings is 1. The van der Waals surface area contributed by atoms with E-state index in [1.165, 1.54) is 0 Å². The Bertz CT molecular complexity index is 1060. The standard InChI is InChI=1S/C19H24N6O3S/c1-12-11-28-6-5-25(12)18-9-17(24-29(2,27)15-3-4-15)22-19(23-18)13-7-14(10-26)21-16(20)8-13/h7-10,12,15H,3-6,11H2,1-2H3,(H2,20,21)/t12-,29?/m1/s1. The number of aromatic nitrogens is 3. The van der Waals surface area contributed by atoms with E-state index in [1.807, 2.05) is 0 Å². The Hall–Kier alpha value is -2.59. The van der Waals surface area contributed by atoms with Crippen LogP contribution >= 0.6 is 0 Å². The Balaban J connectivity index is 1.85. The molecule has 0 amide bonds. The van der Waals surface area contributed by atoms with Gasteiger partial charge in [-0.3, -0.25) is 4.79 Å². The topological polar surface area (TPSA) is 124 Å². The minimum Gasteiger partial charge on any atom is -0.384 e. The van der Waals surface area contributed by atoms with Gasteiger partial charge < -0.3 is 15.4 Å². The molecule has 0 radical (unpaired) electrons. The van der Waals surface area contributed by atoms with Crippen molar-refractivity contribution in [1.82, 2.24) is 15.0 Å². The fourth-order valence-corrected chi connectivity index (χ4v) is 4.97. The van der Waals surface area contributed by atoms with Crippen LogP contribution in [0.4, 0.5) is 17.5 Å². The zero-order valence-corrected chi connectivity index (χ0v) is 17.3. The predicted octanol–water partition coefficient (Wildman–Crippen LogP) is 2.05. The Morgan fingerprint density at radius 3 is 2.76 bits per heavy atom. The fourth-order valence-electron chi connectivity index (χ4n) is 3.34. The van der Waals surface area contributed by atoms with Crippen LogP contribution in [0.15, 0.2) is 22.6 Å². The first-order valence-corrected chi connectivity index (χ1v) is 11.5. The summed E-state index contributed by atoms with van der Waals surface area (Å²) in [7, 11) is -2.37. The van der Waals surface area contributed by atoms with Crippen LogP contribution in [0.3, 0.4) is 0 Å². The van der Waals surface area contributed by atoms with Gasteiger partial charge in [0.05, 0.1) is 29.0 Å². The van der Waals surface area contributed by atoms with Crippen molar-refractivity contribution in [2.75, 3.05) is 36.6 Å². The Morgan fingerprint density at radius 1 is 1.28 bits per heavy atom. The Morgan fingerprint density at radius 2 is 2.07 bits per heavy atom. The maximum Gasteiger partial charge on any atom is 0.168 e. The number of nitrogens with zero attached hydrogens (tertiary/aromatic N) is 5. The molecule has 2 aromatic heterocycles. The SMILES string of the molecule is C[C@@H]1COCCN1c1cc(N=S(C)(=O)C2CC2)nc(-c2cc(N)nc(C=O)c2)n1. The van der Waals surface area contributed by atoms with Crippen LogP contribution in [0.1, 0.15) is 30.3 Å². The third-order valence-electron chi connectivity index (χ3n) is 5.02. The summed E-state index contributed by atoms with van der Waals surface area (Å²) in [5.74, 6) is 1.61. The van der Waals surface area contributed by atoms with Gasteiger partial charge in [-0.25, -0.2) is 19.2 Å². The quantitative estimate of drug-likeness (QED) is 0.735. The highest BCUT2D eigenvalue weighted by molar-refractivity contribution is 7.93. The summed E-state index contributed by atoms with van der Waals surface area (Å²) < 4.78 is 22.9. The lowest BCUT2D eigenvalue weighted by molar-refractivity contribution is 0.0985. The number of aldehydes is 1. The molecule has 9 nitrogen and oxygen atoms in total. The van der Waals surface area contributed by atoms with E-state index in [0.29, 0.717) is 49.1 Å². The number of rotatable bonds is 5. The van der Waals surface area contributed by atoms with Gasteiger partial charge in [-0.15, -0.1) is 0 Å². The summed E-state index contributed by atoms with van der Waals surface area (Å²) in [4.78, 5) is 26.5. The average molecular weight is 417 g/mol. The second-order valence-corrected chi connectivity index (χ2v) is 10.1. The summed E-state index contributed by atoms with van der Waals surface area (Å²) >= 11 is 0. The summed E-state index contributed by atoms with van der Waals surface area (Å²) in [6.45, 7) is 3.93. The molecule has 0 aromatic carbocycles. The molecule has 2 atom stereocenters. The molecule has 2 aromatic rings. The summed E-state index contributed by atoms with van der Waals surface area (Å²) in [6.07, 6.45) is 4.16. The molecule has 0 spiro atoms. The number of anilines is 2. The van der Waals surface area contributed by atoms with Gasteiger partial charge in [0.2, 0.25) is 0 Å². The zero-order chi connectivity index (χ0) is 20.6. The highest BCUT2D eigenvalue weighted by atomic mass is 32.2. The van der Waals surface area contributed by atoms with Crippen LogP contribution < -0.4 is 10.6 Å². The summed E-state index contributed by atoms with van der Waals surface area (Å²) in [6, 6.07) is 5.09. The highest BCUT2D eigenvalue weighted by Gasteiger charge is 2.31. The van der Waals surface area contributed by atoms with Crippen LogP contribution in [0.5, 0.6) is 0 Å². The highest BCUT2D eigenvalue weighted by Crippen LogP contribution is 2.33. The van der Waals surface area contributed by atoms with Crippen LogP contribution in [-0.4, -0.2) is 62.8 Å². The molecule has 4 rings (SSSR count). The van der Waals surface area contributed by atoms with Gasteiger partial charge in [-0.2, -0.15) is 4.36 Å². The number of pyridine rings is 1. The second kappa shape index (κ2) is 7.68. The minimum absolute atomic E-state index is 0.116. The molecule has 2 fully saturated rings. The monoisotopic (exact) mass is 416 g/mol. The van der Waals surface area contributed by atoms with Crippen molar-refractivity contribution in [3.63, 3.8) is 0 Å². The first kappa shape index (κ1) is 19.7. The molecular formula is C19H24N6O3S. The first-order valence-electron chi connectivity index (χ1n) is 9.53. The van der Waals surface area contributed by atoms with Gasteiger partial charge in [-0.1, -0.05) is 0 Å². The molecule has 154 valence electrons. The lowest BCUT2D eigenvalue weighted by Gasteiger charge is -2.34. The van der Waals surface area contributed by atoms with E-state index in [1.54, 1.807) is 24.5 Å². The zero-order valence-electron chi connectivity index (χ0n) is 16.4. The number of nitrogens with two attached hydrogens (primary N) is 1. The van der Waals surface area contributed by atoms with Gasteiger partial charge >= 0.3 is 0 Å². The Kier molecular flexibility index (Phi) is 5.22. The van der Waals surface area contributed by atoms with E-state index < -0.39 is 9.73 Å². The van der Waals surface area contributed by atoms with E-state index in [4.69, 9.17) is 15.5 Å². The summed E-state index contributed by atoms with van der Waals surface area (Å²) in [5.41, 5.74) is 6.60. The van der Waals surface area contributed by atoms with Gasteiger partial charge in [-0.05, 0) is 31.9 Å². The van der Waals surface area contributed by atoms with Crippen molar-refractivity contribution < 1.29 is 13.7 Å². The van der Waals surface area contributed by atoms with Gasteiger partial charge in [0.25, 0.3) is 0 Å². The maximum absolute atomic E-state index is 12.9. The van der Waals surface area contributed by atoms with Crippen molar-refractivity contribution in [2.24, 2.45) is 4.36 Å². The normalized spacial score (nSPS) is 21.4. The van der Waals surface area contributed by atoms with Crippen LogP contribution in [0.25, 0.3) is 11.4 Å². The van der Waals surface area contributed by atoms with Crippen LogP contribution in [0, 0.1) is 0 Å². The second-order valence-electron chi connectivity index (χ2n) is 7.50. The minimum atomic E-state index is -2.37. The molecule has 0 bridgehead atoms. The lowest BCUT2D eigenvalue weighted by Crippen LogP contribution is -2.44. The third-order valence-corrected chi connectivity index (χ3v) is 7.28. The Labute approximate surface area is 169 Å². The van der Waals surface area contributed by atoms with Crippen LogP contribution in [-0.2, 0) is 14.5 Å². The first-order chi connectivity index (χ1) is 13.9. The summed E-state index contributed by atoms with van der Waals surface area (Å²) in [5, 5.41) is 0.116. The van der Waals surface area contributed by atoms with E-state index in [2.05, 4.69) is 26.2 Å². The molecule has 2 N–H and O–H groups in total. The smallest absolute Gasteiger partial charge is 0.168 e. The van der Waals surface area contributed by atoms with Gasteiger partial charge in [0.15, 0.2) is 17.9 Å². The molecule has 1 unspecified atom stereocenters. The van der Waals surface area contributed by atoms with Gasteiger partial charge in [0, 0.05) is 29.7 Å².